The molecule has 150 valence electrons. The third kappa shape index (κ3) is 5.01. The van der Waals surface area contributed by atoms with E-state index >= 15 is 0 Å². The van der Waals surface area contributed by atoms with E-state index in [0.29, 0.717) is 18.0 Å². The third-order valence-electron chi connectivity index (χ3n) is 5.22. The van der Waals surface area contributed by atoms with Gasteiger partial charge < -0.3 is 19.7 Å². The fourth-order valence-electron chi connectivity index (χ4n) is 3.75. The van der Waals surface area contributed by atoms with Crippen molar-refractivity contribution in [3.8, 4) is 11.5 Å². The molecule has 0 aliphatic carbocycles. The van der Waals surface area contributed by atoms with Crippen molar-refractivity contribution in [2.24, 2.45) is 0 Å². The van der Waals surface area contributed by atoms with Crippen LogP contribution in [0.5, 0.6) is 11.5 Å². The molecule has 0 radical (unpaired) electrons. The number of ether oxygens (including phenoxy) is 2. The Labute approximate surface area is 166 Å². The van der Waals surface area contributed by atoms with Gasteiger partial charge in [-0.25, -0.2) is 0 Å². The Morgan fingerprint density at radius 3 is 2.57 bits per heavy atom. The number of carbonyl (C=O) groups is 1. The van der Waals surface area contributed by atoms with Crippen LogP contribution in [-0.2, 0) is 17.8 Å². The smallest absolute Gasteiger partial charge is 0.227 e. The van der Waals surface area contributed by atoms with Crippen LogP contribution in [-0.4, -0.2) is 49.1 Å². The van der Waals surface area contributed by atoms with Crippen LogP contribution >= 0.6 is 0 Å². The lowest BCUT2D eigenvalue weighted by atomic mass is 10.0. The molecule has 1 fully saturated rings. The molecule has 28 heavy (non-hydrogen) atoms. The van der Waals surface area contributed by atoms with E-state index in [4.69, 9.17) is 9.47 Å². The van der Waals surface area contributed by atoms with Gasteiger partial charge in [-0.3, -0.25) is 9.78 Å². The van der Waals surface area contributed by atoms with Gasteiger partial charge in [-0.2, -0.15) is 0 Å². The zero-order chi connectivity index (χ0) is 19.8. The van der Waals surface area contributed by atoms with Crippen molar-refractivity contribution in [2.45, 2.75) is 38.3 Å². The van der Waals surface area contributed by atoms with Gasteiger partial charge in [-0.1, -0.05) is 12.1 Å². The lowest BCUT2D eigenvalue weighted by molar-refractivity contribution is -0.133. The summed E-state index contributed by atoms with van der Waals surface area (Å²) in [5.41, 5.74) is 1.69. The predicted molar refractivity (Wildman–Crippen MR) is 109 cm³/mol. The highest BCUT2D eigenvalue weighted by Crippen LogP contribution is 2.30. The minimum absolute atomic E-state index is 0.0698. The van der Waals surface area contributed by atoms with E-state index in [-0.39, 0.29) is 18.4 Å². The lowest BCUT2D eigenvalue weighted by Crippen LogP contribution is -2.41. The molecule has 1 unspecified atom stereocenters. The second kappa shape index (κ2) is 10.1. The highest BCUT2D eigenvalue weighted by atomic mass is 16.5. The molecule has 1 aromatic carbocycles. The molecule has 0 bridgehead atoms. The standard InChI is InChI=1S/C22H29N3O3/c1-27-20-9-5-10-21(28-2)19(20)15-22(26)25(16-17-7-3-4-13-24-17)18-8-6-12-23-14-11-18/h3-5,7,9-10,13,18,23H,6,8,11-12,14-16H2,1-2H3. The Bertz CT molecular complexity index is 737. The van der Waals surface area contributed by atoms with Crippen molar-refractivity contribution in [3.63, 3.8) is 0 Å². The Balaban J connectivity index is 1.86. The van der Waals surface area contributed by atoms with Crippen molar-refractivity contribution in [1.29, 1.82) is 0 Å². The number of rotatable bonds is 7. The van der Waals surface area contributed by atoms with E-state index in [1.54, 1.807) is 20.4 Å². The molecular weight excluding hydrogens is 354 g/mol. The summed E-state index contributed by atoms with van der Waals surface area (Å²) in [6.45, 7) is 2.44. The maximum absolute atomic E-state index is 13.4. The highest BCUT2D eigenvalue weighted by molar-refractivity contribution is 5.80. The second-order valence-corrected chi connectivity index (χ2v) is 7.00. The van der Waals surface area contributed by atoms with Crippen LogP contribution in [0.2, 0.25) is 0 Å². The van der Waals surface area contributed by atoms with E-state index in [1.165, 1.54) is 0 Å². The largest absolute Gasteiger partial charge is 0.496 e. The van der Waals surface area contributed by atoms with E-state index in [1.807, 2.05) is 41.3 Å². The van der Waals surface area contributed by atoms with Crippen LogP contribution in [0.1, 0.15) is 30.5 Å². The van der Waals surface area contributed by atoms with Crippen molar-refractivity contribution in [1.82, 2.24) is 15.2 Å². The average Bonchev–Trinajstić information content (AvgIpc) is 3.02. The van der Waals surface area contributed by atoms with Crippen LogP contribution in [0.4, 0.5) is 0 Å². The summed E-state index contributed by atoms with van der Waals surface area (Å²) >= 11 is 0. The van der Waals surface area contributed by atoms with E-state index in [0.717, 1.165) is 43.6 Å². The molecule has 1 N–H and O–H groups in total. The molecule has 1 aliphatic heterocycles. The number of benzene rings is 1. The van der Waals surface area contributed by atoms with Crippen molar-refractivity contribution >= 4 is 5.91 Å². The molecule has 0 saturated carbocycles. The van der Waals surface area contributed by atoms with E-state index in [9.17, 15) is 4.79 Å². The fraction of sp³-hybridized carbons (Fsp3) is 0.455. The molecule has 6 heteroatoms. The third-order valence-corrected chi connectivity index (χ3v) is 5.22. The van der Waals surface area contributed by atoms with Gasteiger partial charge in [0.1, 0.15) is 11.5 Å². The number of methoxy groups -OCH3 is 2. The first-order valence-electron chi connectivity index (χ1n) is 9.83. The molecule has 2 aromatic rings. The number of nitrogens with zero attached hydrogens (tertiary/aromatic N) is 2. The van der Waals surface area contributed by atoms with Gasteiger partial charge in [-0.05, 0) is 56.6 Å². The lowest BCUT2D eigenvalue weighted by Gasteiger charge is -2.31. The quantitative estimate of drug-likeness (QED) is 0.797. The number of carbonyl (C=O) groups excluding carboxylic acids is 1. The first-order chi connectivity index (χ1) is 13.7. The average molecular weight is 383 g/mol. The van der Waals surface area contributed by atoms with Gasteiger partial charge in [0.05, 0.1) is 32.9 Å². The van der Waals surface area contributed by atoms with Crippen LogP contribution in [0, 0.1) is 0 Å². The molecular formula is C22H29N3O3. The summed E-state index contributed by atoms with van der Waals surface area (Å²) in [6.07, 6.45) is 5.02. The Morgan fingerprint density at radius 1 is 1.11 bits per heavy atom. The van der Waals surface area contributed by atoms with E-state index in [2.05, 4.69) is 10.3 Å². The van der Waals surface area contributed by atoms with Gasteiger partial charge in [0.2, 0.25) is 5.91 Å². The van der Waals surface area contributed by atoms with Gasteiger partial charge >= 0.3 is 0 Å². The van der Waals surface area contributed by atoms with Crippen LogP contribution in [0.15, 0.2) is 42.6 Å². The molecule has 1 aromatic heterocycles. The van der Waals surface area contributed by atoms with Crippen LogP contribution in [0.25, 0.3) is 0 Å². The van der Waals surface area contributed by atoms with Crippen LogP contribution < -0.4 is 14.8 Å². The summed E-state index contributed by atoms with van der Waals surface area (Å²) in [6, 6.07) is 11.6. The molecule has 1 aliphatic rings. The number of hydrogen-bond acceptors (Lipinski definition) is 5. The Hall–Kier alpha value is -2.60. The molecule has 1 atom stereocenters. The number of amides is 1. The Morgan fingerprint density at radius 2 is 1.89 bits per heavy atom. The highest BCUT2D eigenvalue weighted by Gasteiger charge is 2.27. The first kappa shape index (κ1) is 20.1. The zero-order valence-electron chi connectivity index (χ0n) is 16.7. The number of nitrogens with one attached hydrogen (secondary N) is 1. The van der Waals surface area contributed by atoms with E-state index < -0.39 is 0 Å². The second-order valence-electron chi connectivity index (χ2n) is 7.00. The molecule has 0 spiro atoms. The summed E-state index contributed by atoms with van der Waals surface area (Å²) in [7, 11) is 3.23. The van der Waals surface area contributed by atoms with Crippen molar-refractivity contribution < 1.29 is 14.3 Å². The van der Waals surface area contributed by atoms with Crippen molar-refractivity contribution in [2.75, 3.05) is 27.3 Å². The van der Waals surface area contributed by atoms with Gasteiger partial charge in [-0.15, -0.1) is 0 Å². The van der Waals surface area contributed by atoms with Crippen molar-refractivity contribution in [3.05, 3.63) is 53.9 Å². The van der Waals surface area contributed by atoms with Gasteiger partial charge in [0.15, 0.2) is 0 Å². The first-order valence-corrected chi connectivity index (χ1v) is 9.83. The Kier molecular flexibility index (Phi) is 7.25. The summed E-state index contributed by atoms with van der Waals surface area (Å²) in [5.74, 6) is 1.42. The van der Waals surface area contributed by atoms with Crippen LogP contribution in [0.3, 0.4) is 0 Å². The number of aromatic nitrogens is 1. The normalized spacial score (nSPS) is 16.9. The minimum Gasteiger partial charge on any atom is -0.496 e. The zero-order valence-corrected chi connectivity index (χ0v) is 16.7. The maximum Gasteiger partial charge on any atom is 0.227 e. The molecule has 6 nitrogen and oxygen atoms in total. The monoisotopic (exact) mass is 383 g/mol. The summed E-state index contributed by atoms with van der Waals surface area (Å²) < 4.78 is 11.0. The molecule has 3 rings (SSSR count). The SMILES string of the molecule is COc1cccc(OC)c1CC(=O)N(Cc1ccccn1)C1CCCNCC1. The number of hydrogen-bond donors (Lipinski definition) is 1. The molecule has 1 saturated heterocycles. The summed E-state index contributed by atoms with van der Waals surface area (Å²) in [4.78, 5) is 19.9. The minimum atomic E-state index is 0.0698. The van der Waals surface area contributed by atoms with Gasteiger partial charge in [0, 0.05) is 17.8 Å². The van der Waals surface area contributed by atoms with Gasteiger partial charge in [0.25, 0.3) is 0 Å². The fourth-order valence-corrected chi connectivity index (χ4v) is 3.75. The predicted octanol–water partition coefficient (Wildman–Crippen LogP) is 2.81. The molecule has 1 amide bonds. The topological polar surface area (TPSA) is 63.7 Å². The summed E-state index contributed by atoms with van der Waals surface area (Å²) in [5, 5.41) is 3.43. The number of pyridine rings is 1. The molecule has 2 heterocycles. The maximum atomic E-state index is 13.4.